The van der Waals surface area contributed by atoms with Gasteiger partial charge in [0, 0.05) is 42.0 Å². The Morgan fingerprint density at radius 3 is 2.48 bits per heavy atom. The monoisotopic (exact) mass is 367 g/mol. The van der Waals surface area contributed by atoms with E-state index >= 15 is 0 Å². The molecule has 0 saturated carbocycles. The Morgan fingerprint density at radius 2 is 1.81 bits per heavy atom. The maximum Gasteiger partial charge on any atom is 0.341 e. The van der Waals surface area contributed by atoms with Crippen molar-refractivity contribution in [1.82, 2.24) is 4.57 Å². The van der Waals surface area contributed by atoms with Crippen LogP contribution in [0.3, 0.4) is 0 Å². The summed E-state index contributed by atoms with van der Waals surface area (Å²) in [6.45, 7) is 1.46. The highest BCUT2D eigenvalue weighted by molar-refractivity contribution is 6.05. The average molecular weight is 367 g/mol. The number of nitro benzene ring substituents is 1. The van der Waals surface area contributed by atoms with E-state index in [9.17, 15) is 19.7 Å². The molecule has 0 bridgehead atoms. The second kappa shape index (κ2) is 7.28. The van der Waals surface area contributed by atoms with Crippen LogP contribution in [0.4, 0.5) is 11.4 Å². The predicted octanol–water partition coefficient (Wildman–Crippen LogP) is 3.27. The third-order valence-electron chi connectivity index (χ3n) is 4.12. The maximum absolute atomic E-state index is 12.5. The third kappa shape index (κ3) is 3.79. The number of non-ortho nitro benzene ring substituents is 1. The topological polar surface area (TPSA) is 103 Å². The summed E-state index contributed by atoms with van der Waals surface area (Å²) in [6, 6.07) is 12.8. The number of benzene rings is 2. The van der Waals surface area contributed by atoms with Crippen LogP contribution in [0.15, 0.2) is 54.7 Å². The van der Waals surface area contributed by atoms with Crippen LogP contribution in [-0.2, 0) is 16.6 Å². The van der Waals surface area contributed by atoms with Gasteiger partial charge in [0.1, 0.15) is 0 Å². The molecule has 0 radical (unpaired) electrons. The molecule has 1 N–H and O–H groups in total. The number of nitrogens with one attached hydrogen (secondary N) is 1. The van der Waals surface area contributed by atoms with E-state index in [4.69, 9.17) is 4.74 Å². The molecular weight excluding hydrogens is 350 g/mol. The van der Waals surface area contributed by atoms with Crippen molar-refractivity contribution >= 4 is 34.2 Å². The first-order valence-electron chi connectivity index (χ1n) is 8.17. The van der Waals surface area contributed by atoms with Gasteiger partial charge < -0.3 is 14.6 Å². The van der Waals surface area contributed by atoms with E-state index in [1.165, 1.54) is 31.2 Å². The Morgan fingerprint density at radius 1 is 1.15 bits per heavy atom. The van der Waals surface area contributed by atoms with E-state index in [2.05, 4.69) is 5.32 Å². The molecule has 0 unspecified atom stereocenters. The second-order valence-electron chi connectivity index (χ2n) is 6.01. The Kier molecular flexibility index (Phi) is 4.89. The summed E-state index contributed by atoms with van der Waals surface area (Å²) in [6.07, 6.45) is 0.625. The summed E-state index contributed by atoms with van der Waals surface area (Å²) in [7, 11) is 1.82. The number of ether oxygens (including phenoxy) is 1. The van der Waals surface area contributed by atoms with Crippen molar-refractivity contribution in [2.75, 3.05) is 5.32 Å². The predicted molar refractivity (Wildman–Crippen MR) is 99.5 cm³/mol. The standard InChI is InChI=1S/C19H17N3O5/c1-12(18(23)20-13-7-9-14(10-8-13)22(25)26)27-19(24)16-11-21(2)17-6-4-3-5-15(16)17/h3-12H,1-2H3,(H,20,23)/t12-/m1/s1. The number of nitrogens with zero attached hydrogens (tertiary/aromatic N) is 2. The Balaban J connectivity index is 1.68. The second-order valence-corrected chi connectivity index (χ2v) is 6.01. The minimum absolute atomic E-state index is 0.0802. The van der Waals surface area contributed by atoms with Gasteiger partial charge in [-0.3, -0.25) is 14.9 Å². The molecule has 0 aliphatic carbocycles. The zero-order valence-electron chi connectivity index (χ0n) is 14.7. The van der Waals surface area contributed by atoms with Crippen molar-refractivity contribution < 1.29 is 19.2 Å². The number of para-hydroxylation sites is 1. The molecule has 138 valence electrons. The number of amides is 1. The number of esters is 1. The summed E-state index contributed by atoms with van der Waals surface area (Å²) in [5.41, 5.74) is 1.55. The lowest BCUT2D eigenvalue weighted by atomic mass is 10.2. The number of carbonyl (C=O) groups excluding carboxylic acids is 2. The number of rotatable bonds is 5. The van der Waals surface area contributed by atoms with Crippen LogP contribution < -0.4 is 5.32 Å². The van der Waals surface area contributed by atoms with Crippen molar-refractivity contribution in [3.63, 3.8) is 0 Å². The number of hydrogen-bond acceptors (Lipinski definition) is 5. The smallest absolute Gasteiger partial charge is 0.341 e. The van der Waals surface area contributed by atoms with Crippen molar-refractivity contribution in [3.8, 4) is 0 Å². The van der Waals surface area contributed by atoms with Crippen molar-refractivity contribution in [1.29, 1.82) is 0 Å². The number of hydrogen-bond donors (Lipinski definition) is 1. The van der Waals surface area contributed by atoms with Crippen molar-refractivity contribution in [3.05, 3.63) is 70.4 Å². The van der Waals surface area contributed by atoms with Crippen LogP contribution >= 0.6 is 0 Å². The summed E-state index contributed by atoms with van der Waals surface area (Å²) in [4.78, 5) is 34.8. The molecule has 3 aromatic rings. The summed E-state index contributed by atoms with van der Waals surface area (Å²) in [5.74, 6) is -1.13. The highest BCUT2D eigenvalue weighted by Crippen LogP contribution is 2.22. The molecule has 0 spiro atoms. The van der Waals surface area contributed by atoms with Crippen LogP contribution in [0.25, 0.3) is 10.9 Å². The highest BCUT2D eigenvalue weighted by atomic mass is 16.6. The van der Waals surface area contributed by atoms with Gasteiger partial charge in [-0.15, -0.1) is 0 Å². The fraction of sp³-hybridized carbons (Fsp3) is 0.158. The minimum atomic E-state index is -1.04. The molecule has 1 atom stereocenters. The molecule has 8 heteroatoms. The van der Waals surface area contributed by atoms with Crippen LogP contribution in [0.1, 0.15) is 17.3 Å². The van der Waals surface area contributed by atoms with Gasteiger partial charge in [0.05, 0.1) is 10.5 Å². The average Bonchev–Trinajstić information content (AvgIpc) is 2.99. The summed E-state index contributed by atoms with van der Waals surface area (Å²) >= 11 is 0. The molecule has 3 rings (SSSR count). The lowest BCUT2D eigenvalue weighted by molar-refractivity contribution is -0.384. The summed E-state index contributed by atoms with van der Waals surface area (Å²) < 4.78 is 7.09. The molecule has 0 aliphatic heterocycles. The van der Waals surface area contributed by atoms with Gasteiger partial charge in [0.25, 0.3) is 11.6 Å². The maximum atomic E-state index is 12.5. The zero-order valence-corrected chi connectivity index (χ0v) is 14.7. The lowest BCUT2D eigenvalue weighted by Crippen LogP contribution is -2.29. The minimum Gasteiger partial charge on any atom is -0.449 e. The van der Waals surface area contributed by atoms with Gasteiger partial charge in [0.2, 0.25) is 0 Å². The fourth-order valence-electron chi connectivity index (χ4n) is 2.69. The molecular formula is C19H17N3O5. The van der Waals surface area contributed by atoms with Crippen molar-refractivity contribution in [2.45, 2.75) is 13.0 Å². The van der Waals surface area contributed by atoms with Gasteiger partial charge in [-0.1, -0.05) is 18.2 Å². The Bertz CT molecular complexity index is 1020. The molecule has 0 saturated heterocycles. The Labute approximate surface area is 154 Å². The van der Waals surface area contributed by atoms with E-state index in [0.29, 0.717) is 11.3 Å². The van der Waals surface area contributed by atoms with E-state index in [1.54, 1.807) is 6.20 Å². The van der Waals surface area contributed by atoms with E-state index in [1.807, 2.05) is 35.9 Å². The number of fused-ring (bicyclic) bond motifs is 1. The zero-order chi connectivity index (χ0) is 19.6. The lowest BCUT2D eigenvalue weighted by Gasteiger charge is -2.13. The molecule has 8 nitrogen and oxygen atoms in total. The normalized spacial score (nSPS) is 11.8. The van der Waals surface area contributed by atoms with Gasteiger partial charge >= 0.3 is 5.97 Å². The van der Waals surface area contributed by atoms with E-state index < -0.39 is 22.9 Å². The molecule has 2 aromatic carbocycles. The first-order valence-corrected chi connectivity index (χ1v) is 8.17. The van der Waals surface area contributed by atoms with Crippen molar-refractivity contribution in [2.24, 2.45) is 7.05 Å². The van der Waals surface area contributed by atoms with Crippen LogP contribution in [0.2, 0.25) is 0 Å². The molecule has 27 heavy (non-hydrogen) atoms. The first kappa shape index (κ1) is 18.1. The fourth-order valence-corrected chi connectivity index (χ4v) is 2.69. The SMILES string of the molecule is C[C@@H](OC(=O)c1cn(C)c2ccccc12)C(=O)Nc1ccc([N+](=O)[O-])cc1. The van der Waals surface area contributed by atoms with E-state index in [-0.39, 0.29) is 5.69 Å². The molecule has 1 heterocycles. The quantitative estimate of drug-likeness (QED) is 0.423. The molecule has 0 aliphatic rings. The largest absolute Gasteiger partial charge is 0.449 e. The van der Waals surface area contributed by atoms with E-state index in [0.717, 1.165) is 10.9 Å². The number of carbonyl (C=O) groups is 2. The highest BCUT2D eigenvalue weighted by Gasteiger charge is 2.22. The van der Waals surface area contributed by atoms with Crippen LogP contribution in [0.5, 0.6) is 0 Å². The van der Waals surface area contributed by atoms with Crippen LogP contribution in [0, 0.1) is 10.1 Å². The van der Waals surface area contributed by atoms with Gasteiger partial charge in [-0.25, -0.2) is 4.79 Å². The Hall–Kier alpha value is -3.68. The number of aromatic nitrogens is 1. The van der Waals surface area contributed by atoms with Gasteiger partial charge in [-0.2, -0.15) is 0 Å². The number of aryl methyl sites for hydroxylation is 1. The number of anilines is 1. The van der Waals surface area contributed by atoms with Gasteiger partial charge in [0.15, 0.2) is 6.10 Å². The molecule has 1 aromatic heterocycles. The molecule has 1 amide bonds. The summed E-state index contributed by atoms with van der Waals surface area (Å²) in [5, 5.41) is 14.0. The molecule has 0 fully saturated rings. The van der Waals surface area contributed by atoms with Gasteiger partial charge in [-0.05, 0) is 25.1 Å². The number of nitro groups is 1. The van der Waals surface area contributed by atoms with Crippen LogP contribution in [-0.4, -0.2) is 27.5 Å². The third-order valence-corrected chi connectivity index (χ3v) is 4.12. The first-order chi connectivity index (χ1) is 12.9.